The van der Waals surface area contributed by atoms with Gasteiger partial charge < -0.3 is 16.2 Å². The molecule has 0 aliphatic carbocycles. The maximum absolute atomic E-state index is 12.8. The van der Waals surface area contributed by atoms with Gasteiger partial charge in [-0.2, -0.15) is 13.2 Å². The minimum Gasteiger partial charge on any atom is -0.399 e. The third-order valence-corrected chi connectivity index (χ3v) is 2.62. The first-order valence-electron chi connectivity index (χ1n) is 5.60. The van der Waals surface area contributed by atoms with Crippen LogP contribution in [0, 0.1) is 5.92 Å². The summed E-state index contributed by atoms with van der Waals surface area (Å²) in [6.45, 7) is 3.64. The van der Waals surface area contributed by atoms with Gasteiger partial charge in [0.15, 0.2) is 0 Å². The van der Waals surface area contributed by atoms with Crippen LogP contribution in [0.5, 0.6) is 0 Å². The van der Waals surface area contributed by atoms with Gasteiger partial charge >= 0.3 is 6.18 Å². The van der Waals surface area contributed by atoms with E-state index in [-0.39, 0.29) is 23.8 Å². The van der Waals surface area contributed by atoms with Crippen molar-refractivity contribution in [2.75, 3.05) is 17.6 Å². The molecule has 0 fully saturated rings. The van der Waals surface area contributed by atoms with E-state index in [0.717, 1.165) is 6.07 Å². The molecule has 1 atom stereocenters. The van der Waals surface area contributed by atoms with E-state index in [2.05, 4.69) is 5.32 Å². The number of nitrogen functional groups attached to an aromatic ring is 1. The van der Waals surface area contributed by atoms with Gasteiger partial charge in [0.2, 0.25) is 0 Å². The molecule has 1 unspecified atom stereocenters. The van der Waals surface area contributed by atoms with Crippen LogP contribution in [0.1, 0.15) is 19.4 Å². The van der Waals surface area contributed by atoms with Crippen molar-refractivity contribution in [2.24, 2.45) is 5.92 Å². The average molecular weight is 262 g/mol. The smallest absolute Gasteiger partial charge is 0.399 e. The normalized spacial score (nSPS) is 13.7. The number of benzene rings is 1. The number of hydrogen-bond donors (Lipinski definition) is 3. The van der Waals surface area contributed by atoms with Crippen molar-refractivity contribution in [1.82, 2.24) is 0 Å². The summed E-state index contributed by atoms with van der Waals surface area (Å²) >= 11 is 0. The third kappa shape index (κ3) is 3.80. The molecule has 0 heterocycles. The Morgan fingerprint density at radius 2 is 1.94 bits per heavy atom. The number of anilines is 2. The molecular formula is C12H17F3N2O. The topological polar surface area (TPSA) is 58.3 Å². The standard InChI is InChI=1S/C12H17F3N2O/c1-7(2)11(18)6-17-10-4-3-8(16)5-9(10)12(13,14)15/h3-5,7,11,17-18H,6,16H2,1-2H3. The summed E-state index contributed by atoms with van der Waals surface area (Å²) in [4.78, 5) is 0. The number of nitrogens with two attached hydrogens (primary N) is 1. The Morgan fingerprint density at radius 1 is 1.33 bits per heavy atom. The Bertz CT molecular complexity index is 405. The Kier molecular flexibility index (Phi) is 4.45. The summed E-state index contributed by atoms with van der Waals surface area (Å²) in [6.07, 6.45) is -5.18. The molecule has 1 rings (SSSR count). The highest BCUT2D eigenvalue weighted by Crippen LogP contribution is 2.36. The molecule has 1 aromatic rings. The second-order valence-electron chi connectivity index (χ2n) is 4.50. The van der Waals surface area contributed by atoms with E-state index in [4.69, 9.17) is 5.73 Å². The molecule has 102 valence electrons. The molecule has 0 aliphatic heterocycles. The summed E-state index contributed by atoms with van der Waals surface area (Å²) < 4.78 is 38.3. The van der Waals surface area contributed by atoms with E-state index in [1.165, 1.54) is 12.1 Å². The van der Waals surface area contributed by atoms with Crippen molar-refractivity contribution in [3.63, 3.8) is 0 Å². The van der Waals surface area contributed by atoms with Gasteiger partial charge in [0.1, 0.15) is 0 Å². The van der Waals surface area contributed by atoms with E-state index in [1.807, 2.05) is 0 Å². The number of aliphatic hydroxyl groups is 1. The molecule has 1 aromatic carbocycles. The molecule has 0 spiro atoms. The largest absolute Gasteiger partial charge is 0.418 e. The fourth-order valence-electron chi connectivity index (χ4n) is 1.40. The fourth-order valence-corrected chi connectivity index (χ4v) is 1.40. The maximum Gasteiger partial charge on any atom is 0.418 e. The van der Waals surface area contributed by atoms with Gasteiger partial charge in [-0.3, -0.25) is 0 Å². The number of rotatable bonds is 4. The second kappa shape index (κ2) is 5.48. The lowest BCUT2D eigenvalue weighted by Crippen LogP contribution is -2.25. The lowest BCUT2D eigenvalue weighted by Gasteiger charge is -2.19. The van der Waals surface area contributed by atoms with Gasteiger partial charge in [0.25, 0.3) is 0 Å². The summed E-state index contributed by atoms with van der Waals surface area (Å²) in [7, 11) is 0. The first kappa shape index (κ1) is 14.6. The SMILES string of the molecule is CC(C)C(O)CNc1ccc(N)cc1C(F)(F)F. The average Bonchev–Trinajstić information content (AvgIpc) is 2.25. The lowest BCUT2D eigenvalue weighted by atomic mass is 10.1. The zero-order chi connectivity index (χ0) is 13.9. The molecule has 4 N–H and O–H groups in total. The van der Waals surface area contributed by atoms with Crippen LogP contribution in [0.2, 0.25) is 0 Å². The number of halogens is 3. The summed E-state index contributed by atoms with van der Waals surface area (Å²) in [6, 6.07) is 3.54. The van der Waals surface area contributed by atoms with E-state index >= 15 is 0 Å². The molecule has 0 aliphatic rings. The third-order valence-electron chi connectivity index (χ3n) is 2.62. The van der Waals surface area contributed by atoms with Crippen LogP contribution in [0.25, 0.3) is 0 Å². The zero-order valence-electron chi connectivity index (χ0n) is 10.3. The number of nitrogens with one attached hydrogen (secondary N) is 1. The monoisotopic (exact) mass is 262 g/mol. The minimum absolute atomic E-state index is 0.0272. The summed E-state index contributed by atoms with van der Waals surface area (Å²) in [5, 5.41) is 12.2. The summed E-state index contributed by atoms with van der Waals surface area (Å²) in [5.41, 5.74) is 4.51. The van der Waals surface area contributed by atoms with E-state index in [0.29, 0.717) is 0 Å². The van der Waals surface area contributed by atoms with Crippen LogP contribution in [0.3, 0.4) is 0 Å². The Balaban J connectivity index is 2.89. The maximum atomic E-state index is 12.8. The molecule has 0 bridgehead atoms. The molecule has 3 nitrogen and oxygen atoms in total. The lowest BCUT2D eigenvalue weighted by molar-refractivity contribution is -0.136. The van der Waals surface area contributed by atoms with E-state index < -0.39 is 17.8 Å². The first-order chi connectivity index (χ1) is 8.21. The number of alkyl halides is 3. The Hall–Kier alpha value is -1.43. The van der Waals surface area contributed by atoms with Gasteiger partial charge in [-0.15, -0.1) is 0 Å². The van der Waals surface area contributed by atoms with Gasteiger partial charge in [-0.05, 0) is 24.1 Å². The highest BCUT2D eigenvalue weighted by atomic mass is 19.4. The van der Waals surface area contributed by atoms with E-state index in [1.54, 1.807) is 13.8 Å². The zero-order valence-corrected chi connectivity index (χ0v) is 10.3. The molecule has 18 heavy (non-hydrogen) atoms. The molecule has 6 heteroatoms. The van der Waals surface area contributed by atoms with Gasteiger partial charge in [0, 0.05) is 17.9 Å². The van der Waals surface area contributed by atoms with Crippen LogP contribution >= 0.6 is 0 Å². The second-order valence-corrected chi connectivity index (χ2v) is 4.50. The Morgan fingerprint density at radius 3 is 2.44 bits per heavy atom. The summed E-state index contributed by atoms with van der Waals surface area (Å²) in [5.74, 6) is -0.0272. The molecular weight excluding hydrogens is 245 g/mol. The van der Waals surface area contributed by atoms with Crippen LogP contribution in [0.15, 0.2) is 18.2 Å². The van der Waals surface area contributed by atoms with Crippen LogP contribution in [-0.2, 0) is 6.18 Å². The fraction of sp³-hybridized carbons (Fsp3) is 0.500. The Labute approximate surface area is 104 Å². The highest BCUT2D eigenvalue weighted by molar-refractivity contribution is 5.59. The van der Waals surface area contributed by atoms with Gasteiger partial charge in [-0.1, -0.05) is 13.8 Å². The van der Waals surface area contributed by atoms with Crippen molar-refractivity contribution in [3.8, 4) is 0 Å². The minimum atomic E-state index is -4.47. The predicted octanol–water partition coefficient (Wildman–Crippen LogP) is 2.72. The van der Waals surface area contributed by atoms with Crippen molar-refractivity contribution >= 4 is 11.4 Å². The molecule has 0 saturated carbocycles. The first-order valence-corrected chi connectivity index (χ1v) is 5.60. The highest BCUT2D eigenvalue weighted by Gasteiger charge is 2.33. The quantitative estimate of drug-likeness (QED) is 0.731. The van der Waals surface area contributed by atoms with Crippen molar-refractivity contribution < 1.29 is 18.3 Å². The van der Waals surface area contributed by atoms with Crippen molar-refractivity contribution in [2.45, 2.75) is 26.1 Å². The number of hydrogen-bond acceptors (Lipinski definition) is 3. The van der Waals surface area contributed by atoms with Crippen LogP contribution < -0.4 is 11.1 Å². The molecule has 0 aromatic heterocycles. The van der Waals surface area contributed by atoms with Crippen LogP contribution in [-0.4, -0.2) is 17.8 Å². The van der Waals surface area contributed by atoms with Gasteiger partial charge in [0.05, 0.1) is 11.7 Å². The van der Waals surface area contributed by atoms with Gasteiger partial charge in [-0.25, -0.2) is 0 Å². The predicted molar refractivity (Wildman–Crippen MR) is 65.2 cm³/mol. The molecule has 0 saturated heterocycles. The number of aliphatic hydroxyl groups excluding tert-OH is 1. The van der Waals surface area contributed by atoms with Crippen LogP contribution in [0.4, 0.5) is 24.5 Å². The molecule has 0 radical (unpaired) electrons. The van der Waals surface area contributed by atoms with E-state index in [9.17, 15) is 18.3 Å². The van der Waals surface area contributed by atoms with Crippen molar-refractivity contribution in [3.05, 3.63) is 23.8 Å². The van der Waals surface area contributed by atoms with Crippen molar-refractivity contribution in [1.29, 1.82) is 0 Å². The molecule has 0 amide bonds.